The topological polar surface area (TPSA) is 102 Å². The van der Waals surface area contributed by atoms with E-state index in [2.05, 4.69) is 16.0 Å². The van der Waals surface area contributed by atoms with Crippen LogP contribution >= 0.6 is 0 Å². The van der Waals surface area contributed by atoms with E-state index in [9.17, 15) is 14.4 Å². The lowest BCUT2D eigenvalue weighted by atomic mass is 10.1. The highest BCUT2D eigenvalue weighted by atomic mass is 16.5. The lowest BCUT2D eigenvalue weighted by molar-refractivity contribution is -0.123. The first-order valence-electron chi connectivity index (χ1n) is 9.28. The van der Waals surface area contributed by atoms with Crippen LogP contribution in [0.5, 0.6) is 5.75 Å². The number of aryl methyl sites for hydroxylation is 2. The molecule has 8 nitrogen and oxygen atoms in total. The number of rotatable bonds is 6. The second-order valence-electron chi connectivity index (χ2n) is 6.53. The van der Waals surface area contributed by atoms with Gasteiger partial charge in [-0.2, -0.15) is 5.10 Å². The number of amides is 2. The van der Waals surface area contributed by atoms with Gasteiger partial charge in [0.2, 0.25) is 0 Å². The van der Waals surface area contributed by atoms with Crippen molar-refractivity contribution < 1.29 is 14.3 Å². The largest absolute Gasteiger partial charge is 0.484 e. The van der Waals surface area contributed by atoms with Crippen LogP contribution in [0.2, 0.25) is 0 Å². The van der Waals surface area contributed by atoms with Crippen molar-refractivity contribution in [3.63, 3.8) is 0 Å². The van der Waals surface area contributed by atoms with Crippen LogP contribution < -0.4 is 21.1 Å². The van der Waals surface area contributed by atoms with Crippen molar-refractivity contribution in [1.29, 1.82) is 0 Å². The van der Waals surface area contributed by atoms with Gasteiger partial charge in [0.1, 0.15) is 5.75 Å². The van der Waals surface area contributed by atoms with Crippen molar-refractivity contribution in [3.8, 4) is 5.75 Å². The fourth-order valence-electron chi connectivity index (χ4n) is 2.84. The quantitative estimate of drug-likeness (QED) is 0.622. The molecule has 0 atom stereocenters. The van der Waals surface area contributed by atoms with Gasteiger partial charge < -0.3 is 4.74 Å². The van der Waals surface area contributed by atoms with Crippen LogP contribution in [0.3, 0.4) is 0 Å². The SMILES string of the molecule is CCCn1nc(C(=O)NNC(=O)COc2cccc(C)c2)c2ccccc2c1=O. The van der Waals surface area contributed by atoms with Crippen LogP contribution in [0.25, 0.3) is 10.8 Å². The van der Waals surface area contributed by atoms with Crippen LogP contribution in [-0.2, 0) is 11.3 Å². The monoisotopic (exact) mass is 394 g/mol. The highest BCUT2D eigenvalue weighted by Gasteiger charge is 2.17. The zero-order valence-electron chi connectivity index (χ0n) is 16.3. The average molecular weight is 394 g/mol. The van der Waals surface area contributed by atoms with Crippen molar-refractivity contribution in [2.24, 2.45) is 0 Å². The Morgan fingerprint density at radius 2 is 1.83 bits per heavy atom. The molecule has 29 heavy (non-hydrogen) atoms. The summed E-state index contributed by atoms with van der Waals surface area (Å²) in [6.07, 6.45) is 0.694. The molecule has 1 heterocycles. The van der Waals surface area contributed by atoms with Gasteiger partial charge in [-0.3, -0.25) is 25.2 Å². The molecule has 3 rings (SSSR count). The number of hydrazine groups is 1. The zero-order chi connectivity index (χ0) is 20.8. The Hall–Kier alpha value is -3.68. The molecule has 2 aromatic carbocycles. The normalized spacial score (nSPS) is 10.6. The summed E-state index contributed by atoms with van der Waals surface area (Å²) in [5, 5.41) is 5.00. The third-order valence-electron chi connectivity index (χ3n) is 4.19. The lowest BCUT2D eigenvalue weighted by Crippen LogP contribution is -2.44. The molecule has 1 aromatic heterocycles. The van der Waals surface area contributed by atoms with Gasteiger partial charge in [-0.05, 0) is 37.1 Å². The Balaban J connectivity index is 1.70. The Bertz CT molecular complexity index is 1110. The summed E-state index contributed by atoms with van der Waals surface area (Å²) in [7, 11) is 0. The first-order valence-corrected chi connectivity index (χ1v) is 9.28. The van der Waals surface area contributed by atoms with Crippen molar-refractivity contribution in [2.75, 3.05) is 6.61 Å². The summed E-state index contributed by atoms with van der Waals surface area (Å²) in [5.74, 6) is -0.577. The molecule has 8 heteroatoms. The van der Waals surface area contributed by atoms with Crippen molar-refractivity contribution >= 4 is 22.6 Å². The molecule has 0 radical (unpaired) electrons. The molecule has 0 unspecified atom stereocenters. The summed E-state index contributed by atoms with van der Waals surface area (Å²) in [4.78, 5) is 37.1. The molecule has 0 saturated carbocycles. The maximum atomic E-state index is 12.6. The number of ether oxygens (including phenoxy) is 1. The number of benzene rings is 2. The maximum absolute atomic E-state index is 12.6. The minimum absolute atomic E-state index is 0.0635. The Morgan fingerprint density at radius 1 is 1.07 bits per heavy atom. The van der Waals surface area contributed by atoms with E-state index in [0.717, 1.165) is 5.56 Å². The van der Waals surface area contributed by atoms with Crippen LogP contribution in [0, 0.1) is 6.92 Å². The Labute approximate surface area is 167 Å². The number of aromatic nitrogens is 2. The molecule has 0 fully saturated rings. The average Bonchev–Trinajstić information content (AvgIpc) is 2.73. The molecule has 2 amide bonds. The van der Waals surface area contributed by atoms with E-state index in [-0.39, 0.29) is 17.9 Å². The van der Waals surface area contributed by atoms with Crippen molar-refractivity contribution in [2.45, 2.75) is 26.8 Å². The van der Waals surface area contributed by atoms with E-state index in [4.69, 9.17) is 4.74 Å². The van der Waals surface area contributed by atoms with Crippen LogP contribution in [0.15, 0.2) is 53.3 Å². The fraction of sp³-hybridized carbons (Fsp3) is 0.238. The first kappa shape index (κ1) is 20.1. The highest BCUT2D eigenvalue weighted by Crippen LogP contribution is 2.13. The predicted octanol–water partition coefficient (Wildman–Crippen LogP) is 1.95. The smallest absolute Gasteiger partial charge is 0.290 e. The Morgan fingerprint density at radius 3 is 2.55 bits per heavy atom. The Kier molecular flexibility index (Phi) is 6.23. The van der Waals surface area contributed by atoms with Gasteiger partial charge in [-0.15, -0.1) is 0 Å². The van der Waals surface area contributed by atoms with Gasteiger partial charge in [0.15, 0.2) is 12.3 Å². The van der Waals surface area contributed by atoms with E-state index in [1.54, 1.807) is 36.4 Å². The summed E-state index contributed by atoms with van der Waals surface area (Å²) < 4.78 is 6.66. The minimum Gasteiger partial charge on any atom is -0.484 e. The van der Waals surface area contributed by atoms with E-state index in [0.29, 0.717) is 29.5 Å². The number of nitrogens with one attached hydrogen (secondary N) is 2. The summed E-state index contributed by atoms with van der Waals surface area (Å²) in [6, 6.07) is 14.0. The van der Waals surface area contributed by atoms with E-state index in [1.165, 1.54) is 4.68 Å². The first-order chi connectivity index (χ1) is 14.0. The third-order valence-corrected chi connectivity index (χ3v) is 4.19. The van der Waals surface area contributed by atoms with Crippen molar-refractivity contribution in [3.05, 3.63) is 70.1 Å². The highest BCUT2D eigenvalue weighted by molar-refractivity contribution is 6.05. The van der Waals surface area contributed by atoms with E-state index >= 15 is 0 Å². The molecule has 0 bridgehead atoms. The number of carbonyl (C=O) groups excluding carboxylic acids is 2. The van der Waals surface area contributed by atoms with Gasteiger partial charge in [0, 0.05) is 11.9 Å². The molecular weight excluding hydrogens is 372 g/mol. The van der Waals surface area contributed by atoms with Crippen LogP contribution in [-0.4, -0.2) is 28.2 Å². The molecule has 0 spiro atoms. The number of carbonyl (C=O) groups is 2. The van der Waals surface area contributed by atoms with Gasteiger partial charge in [-0.25, -0.2) is 4.68 Å². The summed E-state index contributed by atoms with van der Waals surface area (Å²) in [5.41, 5.74) is 5.46. The van der Waals surface area contributed by atoms with Gasteiger partial charge in [-0.1, -0.05) is 37.3 Å². The molecule has 0 aliphatic heterocycles. The summed E-state index contributed by atoms with van der Waals surface area (Å²) >= 11 is 0. The number of nitrogens with zero attached hydrogens (tertiary/aromatic N) is 2. The number of fused-ring (bicyclic) bond motifs is 1. The van der Waals surface area contributed by atoms with E-state index in [1.807, 2.05) is 26.0 Å². The molecule has 0 aliphatic rings. The molecular formula is C21H22N4O4. The summed E-state index contributed by atoms with van der Waals surface area (Å²) in [6.45, 7) is 3.97. The standard InChI is InChI=1S/C21H22N4O4/c1-3-11-25-21(28)17-10-5-4-9-16(17)19(24-25)20(27)23-22-18(26)13-29-15-8-6-7-14(2)12-15/h4-10,12H,3,11,13H2,1-2H3,(H,22,26)(H,23,27). The molecule has 2 N–H and O–H groups in total. The number of hydrogen-bond acceptors (Lipinski definition) is 5. The maximum Gasteiger partial charge on any atom is 0.290 e. The van der Waals surface area contributed by atoms with Crippen LogP contribution in [0.1, 0.15) is 29.4 Å². The number of hydrogen-bond donors (Lipinski definition) is 2. The molecule has 0 saturated heterocycles. The lowest BCUT2D eigenvalue weighted by Gasteiger charge is -2.12. The van der Waals surface area contributed by atoms with Gasteiger partial charge in [0.25, 0.3) is 17.4 Å². The molecule has 150 valence electrons. The van der Waals surface area contributed by atoms with Gasteiger partial charge >= 0.3 is 0 Å². The van der Waals surface area contributed by atoms with Crippen molar-refractivity contribution in [1.82, 2.24) is 20.6 Å². The van der Waals surface area contributed by atoms with Crippen LogP contribution in [0.4, 0.5) is 0 Å². The second-order valence-corrected chi connectivity index (χ2v) is 6.53. The third kappa shape index (κ3) is 4.78. The minimum atomic E-state index is -0.616. The predicted molar refractivity (Wildman–Crippen MR) is 109 cm³/mol. The second kappa shape index (κ2) is 9.01. The molecule has 3 aromatic rings. The molecule has 0 aliphatic carbocycles. The zero-order valence-corrected chi connectivity index (χ0v) is 16.3. The van der Waals surface area contributed by atoms with E-state index < -0.39 is 11.8 Å². The van der Waals surface area contributed by atoms with Gasteiger partial charge in [0.05, 0.1) is 5.39 Å². The fourth-order valence-corrected chi connectivity index (χ4v) is 2.84.